The molecule has 2 aromatic rings. The fraction of sp³-hybridized carbons (Fsp3) is 0.238. The second-order valence-electron chi connectivity index (χ2n) is 6.35. The van der Waals surface area contributed by atoms with E-state index in [0.717, 1.165) is 37.1 Å². The summed E-state index contributed by atoms with van der Waals surface area (Å²) in [7, 11) is 0. The molecule has 3 rings (SSSR count). The molecule has 2 N–H and O–H groups in total. The molecular formula is C21H20F2N2O3. The first-order valence-electron chi connectivity index (χ1n) is 8.96. The molecule has 0 unspecified atom stereocenters. The first-order valence-corrected chi connectivity index (χ1v) is 8.96. The van der Waals surface area contributed by atoms with Crippen molar-refractivity contribution in [1.82, 2.24) is 5.32 Å². The largest absolute Gasteiger partial charge is 0.376 e. The molecule has 0 aliphatic carbocycles. The van der Waals surface area contributed by atoms with Crippen LogP contribution in [0.1, 0.15) is 28.8 Å². The van der Waals surface area contributed by atoms with Crippen molar-refractivity contribution in [3.05, 3.63) is 71.3 Å². The van der Waals surface area contributed by atoms with Crippen molar-refractivity contribution in [2.75, 3.05) is 18.5 Å². The Morgan fingerprint density at radius 1 is 1.11 bits per heavy atom. The van der Waals surface area contributed by atoms with Gasteiger partial charge >= 0.3 is 0 Å². The van der Waals surface area contributed by atoms with Crippen LogP contribution in [0.5, 0.6) is 0 Å². The molecule has 0 spiro atoms. The van der Waals surface area contributed by atoms with Crippen LogP contribution in [0.15, 0.2) is 48.5 Å². The molecule has 0 saturated carbocycles. The van der Waals surface area contributed by atoms with E-state index in [1.807, 2.05) is 0 Å². The summed E-state index contributed by atoms with van der Waals surface area (Å²) in [4.78, 5) is 24.6. The van der Waals surface area contributed by atoms with Gasteiger partial charge in [0.05, 0.1) is 17.4 Å². The molecule has 0 radical (unpaired) electrons. The maximum Gasteiger partial charge on any atom is 0.253 e. The predicted octanol–water partition coefficient (Wildman–Crippen LogP) is 3.53. The van der Waals surface area contributed by atoms with Crippen LogP contribution in [0.2, 0.25) is 0 Å². The number of ether oxygens (including phenoxy) is 1. The molecule has 28 heavy (non-hydrogen) atoms. The lowest BCUT2D eigenvalue weighted by molar-refractivity contribution is -0.111. The van der Waals surface area contributed by atoms with Gasteiger partial charge in [-0.2, -0.15) is 0 Å². The van der Waals surface area contributed by atoms with Crippen molar-refractivity contribution in [3.63, 3.8) is 0 Å². The molecular weight excluding hydrogens is 366 g/mol. The smallest absolute Gasteiger partial charge is 0.253 e. The van der Waals surface area contributed by atoms with Gasteiger partial charge in [-0.1, -0.05) is 18.2 Å². The number of hydrogen-bond acceptors (Lipinski definition) is 3. The lowest BCUT2D eigenvalue weighted by Crippen LogP contribution is -2.32. The van der Waals surface area contributed by atoms with E-state index in [9.17, 15) is 18.4 Å². The van der Waals surface area contributed by atoms with Crippen molar-refractivity contribution in [2.24, 2.45) is 0 Å². The molecule has 1 atom stereocenters. The van der Waals surface area contributed by atoms with Crippen molar-refractivity contribution in [2.45, 2.75) is 18.9 Å². The van der Waals surface area contributed by atoms with Gasteiger partial charge in [-0.05, 0) is 43.2 Å². The highest BCUT2D eigenvalue weighted by Gasteiger charge is 2.18. The number of para-hydroxylation sites is 1. The standard InChI is InChI=1S/C21H20F2N2O3/c22-17-7-3-8-18(23)15(17)10-11-20(26)25-19-9-2-1-6-16(19)21(27)24-13-14-5-4-12-28-14/h1-3,6-11,14H,4-5,12-13H2,(H,24,27)(H,25,26)/b11-10+/t14-/m0/s1. The topological polar surface area (TPSA) is 67.4 Å². The van der Waals surface area contributed by atoms with Crippen LogP contribution in [0, 0.1) is 11.6 Å². The van der Waals surface area contributed by atoms with Crippen LogP contribution >= 0.6 is 0 Å². The fourth-order valence-electron chi connectivity index (χ4n) is 2.90. The number of benzene rings is 2. The van der Waals surface area contributed by atoms with E-state index < -0.39 is 17.5 Å². The van der Waals surface area contributed by atoms with Gasteiger partial charge in [0.25, 0.3) is 5.91 Å². The number of halogens is 2. The van der Waals surface area contributed by atoms with Gasteiger partial charge in [-0.3, -0.25) is 9.59 Å². The van der Waals surface area contributed by atoms with Gasteiger partial charge < -0.3 is 15.4 Å². The van der Waals surface area contributed by atoms with Crippen LogP contribution in [0.3, 0.4) is 0 Å². The Morgan fingerprint density at radius 2 is 1.86 bits per heavy atom. The molecule has 2 amide bonds. The van der Waals surface area contributed by atoms with E-state index in [2.05, 4.69) is 10.6 Å². The Balaban J connectivity index is 1.66. The third kappa shape index (κ3) is 5.01. The molecule has 1 heterocycles. The molecule has 1 aliphatic heterocycles. The number of nitrogens with one attached hydrogen (secondary N) is 2. The number of carbonyl (C=O) groups excluding carboxylic acids is 2. The van der Waals surface area contributed by atoms with Gasteiger partial charge in [0.15, 0.2) is 0 Å². The molecule has 146 valence electrons. The van der Waals surface area contributed by atoms with Crippen molar-refractivity contribution < 1.29 is 23.1 Å². The van der Waals surface area contributed by atoms with Gasteiger partial charge in [-0.15, -0.1) is 0 Å². The highest BCUT2D eigenvalue weighted by molar-refractivity contribution is 6.07. The van der Waals surface area contributed by atoms with Crippen LogP contribution in [-0.2, 0) is 9.53 Å². The minimum atomic E-state index is -0.766. The molecule has 0 bridgehead atoms. The number of carbonyl (C=O) groups is 2. The molecule has 7 heteroatoms. The second kappa shape index (κ2) is 9.23. The summed E-state index contributed by atoms with van der Waals surface area (Å²) in [6.45, 7) is 1.09. The summed E-state index contributed by atoms with van der Waals surface area (Å²) in [5, 5.41) is 5.36. The third-order valence-corrected chi connectivity index (χ3v) is 4.34. The summed E-state index contributed by atoms with van der Waals surface area (Å²) in [5.74, 6) is -2.48. The summed E-state index contributed by atoms with van der Waals surface area (Å²) in [6.07, 6.45) is 3.95. The number of amides is 2. The monoisotopic (exact) mass is 386 g/mol. The van der Waals surface area contributed by atoms with Gasteiger partial charge in [0.1, 0.15) is 11.6 Å². The molecule has 1 fully saturated rings. The third-order valence-electron chi connectivity index (χ3n) is 4.34. The quantitative estimate of drug-likeness (QED) is 0.747. The molecule has 5 nitrogen and oxygen atoms in total. The highest BCUT2D eigenvalue weighted by atomic mass is 19.1. The van der Waals surface area contributed by atoms with Gasteiger partial charge in [0, 0.05) is 24.8 Å². The summed E-state index contributed by atoms with van der Waals surface area (Å²) in [5.41, 5.74) is 0.288. The van der Waals surface area contributed by atoms with Crippen molar-refractivity contribution in [3.8, 4) is 0 Å². The van der Waals surface area contributed by atoms with Gasteiger partial charge in [0.2, 0.25) is 5.91 Å². The molecule has 1 saturated heterocycles. The number of anilines is 1. The minimum Gasteiger partial charge on any atom is -0.376 e. The van der Waals surface area contributed by atoms with Crippen LogP contribution in [-0.4, -0.2) is 31.1 Å². The summed E-state index contributed by atoms with van der Waals surface area (Å²) >= 11 is 0. The Bertz CT molecular complexity index is 873. The lowest BCUT2D eigenvalue weighted by atomic mass is 10.1. The molecule has 0 aromatic heterocycles. The molecule has 1 aliphatic rings. The normalized spacial score (nSPS) is 16.3. The first kappa shape index (κ1) is 19.7. The zero-order chi connectivity index (χ0) is 19.9. The minimum absolute atomic E-state index is 0.00398. The SMILES string of the molecule is O=C(/C=C/c1c(F)cccc1F)Nc1ccccc1C(=O)NC[C@@H]1CCCO1. The van der Waals surface area contributed by atoms with E-state index in [0.29, 0.717) is 24.4 Å². The average Bonchev–Trinajstić information content (AvgIpc) is 3.20. The van der Waals surface area contributed by atoms with E-state index in [4.69, 9.17) is 4.74 Å². The Morgan fingerprint density at radius 3 is 2.57 bits per heavy atom. The zero-order valence-electron chi connectivity index (χ0n) is 15.1. The Kier molecular flexibility index (Phi) is 6.49. The zero-order valence-corrected chi connectivity index (χ0v) is 15.1. The van der Waals surface area contributed by atoms with E-state index in [-0.39, 0.29) is 17.6 Å². The Hall–Kier alpha value is -3.06. The van der Waals surface area contributed by atoms with Crippen LogP contribution < -0.4 is 10.6 Å². The summed E-state index contributed by atoms with van der Waals surface area (Å²) < 4.78 is 32.7. The van der Waals surface area contributed by atoms with E-state index >= 15 is 0 Å². The second-order valence-corrected chi connectivity index (χ2v) is 6.35. The molecule has 2 aromatic carbocycles. The van der Waals surface area contributed by atoms with Crippen molar-refractivity contribution >= 4 is 23.6 Å². The van der Waals surface area contributed by atoms with Crippen LogP contribution in [0.4, 0.5) is 14.5 Å². The lowest BCUT2D eigenvalue weighted by Gasteiger charge is -2.13. The number of hydrogen-bond donors (Lipinski definition) is 2. The summed E-state index contributed by atoms with van der Waals surface area (Å²) in [6, 6.07) is 9.97. The Labute approximate surface area is 161 Å². The highest BCUT2D eigenvalue weighted by Crippen LogP contribution is 2.17. The van der Waals surface area contributed by atoms with E-state index in [1.54, 1.807) is 24.3 Å². The first-order chi connectivity index (χ1) is 13.5. The predicted molar refractivity (Wildman–Crippen MR) is 102 cm³/mol. The number of rotatable bonds is 6. The van der Waals surface area contributed by atoms with Gasteiger partial charge in [-0.25, -0.2) is 8.78 Å². The maximum atomic E-state index is 13.6. The van der Waals surface area contributed by atoms with Crippen LogP contribution in [0.25, 0.3) is 6.08 Å². The maximum absolute atomic E-state index is 13.6. The van der Waals surface area contributed by atoms with Crippen molar-refractivity contribution in [1.29, 1.82) is 0 Å². The fourth-order valence-corrected chi connectivity index (χ4v) is 2.90. The average molecular weight is 386 g/mol. The van der Waals surface area contributed by atoms with E-state index in [1.165, 1.54) is 6.07 Å².